The number of aromatic nitrogens is 1. The van der Waals surface area contributed by atoms with Crippen molar-refractivity contribution in [2.75, 3.05) is 17.5 Å². The first-order valence-corrected chi connectivity index (χ1v) is 9.60. The molecule has 0 amide bonds. The summed E-state index contributed by atoms with van der Waals surface area (Å²) in [6.07, 6.45) is 1.70. The van der Waals surface area contributed by atoms with E-state index in [1.54, 1.807) is 24.4 Å². The van der Waals surface area contributed by atoms with E-state index >= 15 is 0 Å². The number of H-pyrrole nitrogens is 1. The van der Waals surface area contributed by atoms with Crippen LogP contribution < -0.4 is 9.04 Å². The van der Waals surface area contributed by atoms with Gasteiger partial charge in [-0.3, -0.25) is 4.31 Å². The fourth-order valence-electron chi connectivity index (χ4n) is 2.99. The Morgan fingerprint density at radius 1 is 1.11 bits per heavy atom. The van der Waals surface area contributed by atoms with Crippen LogP contribution in [0.2, 0.25) is 0 Å². The maximum absolute atomic E-state index is 13.1. The summed E-state index contributed by atoms with van der Waals surface area (Å²) < 4.78 is 33.1. The maximum atomic E-state index is 13.1. The van der Waals surface area contributed by atoms with Crippen molar-refractivity contribution in [3.05, 3.63) is 60.4 Å². The van der Waals surface area contributed by atoms with Gasteiger partial charge in [0, 0.05) is 11.8 Å². The van der Waals surface area contributed by atoms with Gasteiger partial charge in [-0.05, 0) is 48.0 Å². The van der Waals surface area contributed by atoms with Crippen molar-refractivity contribution in [3.8, 4) is 28.7 Å². The first kappa shape index (κ1) is 17.0. The van der Waals surface area contributed by atoms with E-state index in [0.29, 0.717) is 17.1 Å². The molecular formula is C19H15N3O4S. The number of phenolic OH excluding ortho intramolecular Hbond substituents is 1. The molecule has 7 nitrogen and oxygen atoms in total. The molecule has 0 fully saturated rings. The first-order valence-electron chi connectivity index (χ1n) is 8.16. The standard InChI is InChI=1S/C19H15N3O4S/c20-11-15-9-14(12-21-15)13-1-6-19-18(10-13)22(7-8-26-19)27(24,25)17-4-2-16(23)3-5-17/h1-6,9-10,12,21,23H,7-8H2. The zero-order valence-electron chi connectivity index (χ0n) is 14.1. The topological polar surface area (TPSA) is 106 Å². The molecule has 136 valence electrons. The Balaban J connectivity index is 1.79. The number of aromatic amines is 1. The molecule has 0 saturated carbocycles. The normalized spacial score (nSPS) is 13.5. The predicted molar refractivity (Wildman–Crippen MR) is 99.1 cm³/mol. The molecule has 0 unspecified atom stereocenters. The number of nitrogens with one attached hydrogen (secondary N) is 1. The van der Waals surface area contributed by atoms with Crippen LogP contribution in [0.5, 0.6) is 11.5 Å². The molecule has 0 saturated heterocycles. The number of sulfonamides is 1. The highest BCUT2D eigenvalue weighted by atomic mass is 32.2. The summed E-state index contributed by atoms with van der Waals surface area (Å²) in [5, 5.41) is 18.4. The molecule has 2 aromatic carbocycles. The van der Waals surface area contributed by atoms with Gasteiger partial charge in [-0.1, -0.05) is 6.07 Å². The van der Waals surface area contributed by atoms with Gasteiger partial charge in [-0.15, -0.1) is 0 Å². The summed E-state index contributed by atoms with van der Waals surface area (Å²) in [6.45, 7) is 0.419. The van der Waals surface area contributed by atoms with Gasteiger partial charge in [0.05, 0.1) is 17.1 Å². The summed E-state index contributed by atoms with van der Waals surface area (Å²) in [5.74, 6) is 0.475. The maximum Gasteiger partial charge on any atom is 0.264 e. The van der Waals surface area contributed by atoms with Gasteiger partial charge in [-0.2, -0.15) is 5.26 Å². The van der Waals surface area contributed by atoms with E-state index in [9.17, 15) is 13.5 Å². The largest absolute Gasteiger partial charge is 0.508 e. The molecule has 2 N–H and O–H groups in total. The highest BCUT2D eigenvalue weighted by molar-refractivity contribution is 7.92. The van der Waals surface area contributed by atoms with Crippen LogP contribution in [0.4, 0.5) is 5.69 Å². The second-order valence-corrected chi connectivity index (χ2v) is 7.88. The summed E-state index contributed by atoms with van der Waals surface area (Å²) in [6, 6.07) is 14.4. The number of nitrogens with zero attached hydrogens (tertiary/aromatic N) is 2. The van der Waals surface area contributed by atoms with E-state index in [1.807, 2.05) is 12.1 Å². The molecular weight excluding hydrogens is 366 g/mol. The Morgan fingerprint density at radius 3 is 2.59 bits per heavy atom. The Bertz CT molecular complexity index is 1140. The Labute approximate surface area is 156 Å². The van der Waals surface area contributed by atoms with Crippen molar-refractivity contribution in [3.63, 3.8) is 0 Å². The van der Waals surface area contributed by atoms with Crippen LogP contribution in [0.15, 0.2) is 59.6 Å². The lowest BCUT2D eigenvalue weighted by molar-refractivity contribution is 0.316. The van der Waals surface area contributed by atoms with Crippen molar-refractivity contribution in [2.45, 2.75) is 4.90 Å². The molecule has 27 heavy (non-hydrogen) atoms. The number of rotatable bonds is 3. The van der Waals surface area contributed by atoms with Crippen LogP contribution in [0, 0.1) is 11.3 Å². The van der Waals surface area contributed by atoms with Crippen LogP contribution in [0.1, 0.15) is 5.69 Å². The van der Waals surface area contributed by atoms with Crippen molar-refractivity contribution >= 4 is 15.7 Å². The van der Waals surface area contributed by atoms with Crippen LogP contribution in [0.3, 0.4) is 0 Å². The van der Waals surface area contributed by atoms with E-state index in [0.717, 1.165) is 11.1 Å². The van der Waals surface area contributed by atoms with Gasteiger partial charge in [0.1, 0.15) is 29.9 Å². The van der Waals surface area contributed by atoms with E-state index in [4.69, 9.17) is 10.00 Å². The lowest BCUT2D eigenvalue weighted by atomic mass is 10.1. The number of benzene rings is 2. The molecule has 0 radical (unpaired) electrons. The SMILES string of the molecule is N#Cc1cc(-c2ccc3c(c2)N(S(=O)(=O)c2ccc(O)cc2)CCO3)c[nH]1. The van der Waals surface area contributed by atoms with Crippen LogP contribution >= 0.6 is 0 Å². The minimum atomic E-state index is -3.81. The minimum absolute atomic E-state index is 0.000585. The van der Waals surface area contributed by atoms with Crippen molar-refractivity contribution in [2.24, 2.45) is 0 Å². The zero-order valence-corrected chi connectivity index (χ0v) is 14.9. The van der Waals surface area contributed by atoms with E-state index in [-0.39, 0.29) is 23.8 Å². The number of hydrogen-bond donors (Lipinski definition) is 2. The third-order valence-corrected chi connectivity index (χ3v) is 6.17. The Hall–Kier alpha value is -3.44. The molecule has 1 aliphatic rings. The quantitative estimate of drug-likeness (QED) is 0.726. The molecule has 4 rings (SSSR count). The third kappa shape index (κ3) is 2.98. The fraction of sp³-hybridized carbons (Fsp3) is 0.105. The summed E-state index contributed by atoms with van der Waals surface area (Å²) in [4.78, 5) is 2.95. The molecule has 3 aromatic rings. The average Bonchev–Trinajstić information content (AvgIpc) is 3.16. The molecule has 0 atom stereocenters. The van der Waals surface area contributed by atoms with Crippen molar-refractivity contribution < 1.29 is 18.3 Å². The first-order chi connectivity index (χ1) is 13.0. The molecule has 2 heterocycles. The van der Waals surface area contributed by atoms with Crippen LogP contribution in [-0.2, 0) is 10.0 Å². The van der Waals surface area contributed by atoms with Crippen molar-refractivity contribution in [1.82, 2.24) is 4.98 Å². The molecule has 0 spiro atoms. The number of aromatic hydroxyl groups is 1. The van der Waals surface area contributed by atoms with E-state index in [2.05, 4.69) is 4.98 Å². The summed E-state index contributed by atoms with van der Waals surface area (Å²) in [7, 11) is -3.81. The molecule has 0 bridgehead atoms. The minimum Gasteiger partial charge on any atom is -0.508 e. The number of nitriles is 1. The Kier molecular flexibility index (Phi) is 4.01. The van der Waals surface area contributed by atoms with Gasteiger partial charge in [0.2, 0.25) is 0 Å². The van der Waals surface area contributed by atoms with E-state index < -0.39 is 10.0 Å². The van der Waals surface area contributed by atoms with Crippen LogP contribution in [-0.4, -0.2) is 31.7 Å². The van der Waals surface area contributed by atoms with Crippen LogP contribution in [0.25, 0.3) is 11.1 Å². The lowest BCUT2D eigenvalue weighted by Gasteiger charge is -2.30. The second-order valence-electron chi connectivity index (χ2n) is 6.02. The van der Waals surface area contributed by atoms with Gasteiger partial charge < -0.3 is 14.8 Å². The fourth-order valence-corrected chi connectivity index (χ4v) is 4.44. The smallest absolute Gasteiger partial charge is 0.264 e. The predicted octanol–water partition coefficient (Wildman–Crippen LogP) is 2.85. The number of phenols is 1. The van der Waals surface area contributed by atoms with Gasteiger partial charge in [0.15, 0.2) is 0 Å². The second kappa shape index (κ2) is 6.37. The monoisotopic (exact) mass is 381 g/mol. The van der Waals surface area contributed by atoms with E-state index in [1.165, 1.54) is 28.6 Å². The Morgan fingerprint density at radius 2 is 1.89 bits per heavy atom. The van der Waals surface area contributed by atoms with Gasteiger partial charge in [0.25, 0.3) is 10.0 Å². The van der Waals surface area contributed by atoms with Gasteiger partial charge in [-0.25, -0.2) is 8.42 Å². The zero-order chi connectivity index (χ0) is 19.0. The molecule has 1 aromatic heterocycles. The van der Waals surface area contributed by atoms with Crippen molar-refractivity contribution in [1.29, 1.82) is 5.26 Å². The summed E-state index contributed by atoms with van der Waals surface area (Å²) in [5.41, 5.74) is 2.41. The highest BCUT2D eigenvalue weighted by Gasteiger charge is 2.30. The number of fused-ring (bicyclic) bond motifs is 1. The van der Waals surface area contributed by atoms with Gasteiger partial charge >= 0.3 is 0 Å². The highest BCUT2D eigenvalue weighted by Crippen LogP contribution is 2.38. The molecule has 1 aliphatic heterocycles. The average molecular weight is 381 g/mol. The summed E-state index contributed by atoms with van der Waals surface area (Å²) >= 11 is 0. The third-order valence-electron chi connectivity index (χ3n) is 4.34. The lowest BCUT2D eigenvalue weighted by Crippen LogP contribution is -2.37. The number of ether oxygens (including phenoxy) is 1. The number of anilines is 1. The number of hydrogen-bond acceptors (Lipinski definition) is 5. The molecule has 0 aliphatic carbocycles. The molecule has 8 heteroatoms.